The zero-order valence-electron chi connectivity index (χ0n) is 18.0. The van der Waals surface area contributed by atoms with Gasteiger partial charge < -0.3 is 14.5 Å². The van der Waals surface area contributed by atoms with E-state index >= 15 is 0 Å². The Labute approximate surface area is 190 Å². The van der Waals surface area contributed by atoms with Crippen LogP contribution in [0.5, 0.6) is 0 Å². The Morgan fingerprint density at radius 3 is 2.42 bits per heavy atom. The number of ketones is 1. The molecule has 0 N–H and O–H groups in total. The van der Waals surface area contributed by atoms with Crippen molar-refractivity contribution < 1.29 is 18.7 Å². The van der Waals surface area contributed by atoms with Crippen molar-refractivity contribution in [1.29, 1.82) is 0 Å². The molecule has 1 aromatic heterocycles. The topological polar surface area (TPSA) is 75.6 Å². The van der Waals surface area contributed by atoms with Crippen molar-refractivity contribution in [1.82, 2.24) is 14.9 Å². The quantitative estimate of drug-likeness (QED) is 0.574. The SMILES string of the molecule is O=C(c1ccc(F)cc1)c1ccccc1C(=O)N1CCc2cnc(N3CCOCC3)nc2C1. The van der Waals surface area contributed by atoms with Gasteiger partial charge in [0.15, 0.2) is 5.78 Å². The van der Waals surface area contributed by atoms with Crippen molar-refractivity contribution in [2.45, 2.75) is 13.0 Å². The molecule has 0 unspecified atom stereocenters. The van der Waals surface area contributed by atoms with Gasteiger partial charge in [0.1, 0.15) is 5.82 Å². The zero-order valence-corrected chi connectivity index (χ0v) is 18.0. The van der Waals surface area contributed by atoms with Gasteiger partial charge >= 0.3 is 0 Å². The van der Waals surface area contributed by atoms with Gasteiger partial charge in [0.2, 0.25) is 5.95 Å². The zero-order chi connectivity index (χ0) is 22.8. The van der Waals surface area contributed by atoms with Crippen molar-refractivity contribution in [3.63, 3.8) is 0 Å². The summed E-state index contributed by atoms with van der Waals surface area (Å²) in [6.45, 7) is 3.63. The van der Waals surface area contributed by atoms with E-state index in [1.807, 2.05) is 6.20 Å². The Morgan fingerprint density at radius 2 is 1.67 bits per heavy atom. The molecule has 0 atom stereocenters. The minimum absolute atomic E-state index is 0.224. The summed E-state index contributed by atoms with van der Waals surface area (Å²) in [5.41, 5.74) is 2.83. The summed E-state index contributed by atoms with van der Waals surface area (Å²) in [4.78, 5) is 39.6. The number of hydrogen-bond acceptors (Lipinski definition) is 6. The number of benzene rings is 2. The molecule has 0 radical (unpaired) electrons. The lowest BCUT2D eigenvalue weighted by Gasteiger charge is -2.31. The molecule has 2 aliphatic rings. The number of ether oxygens (including phenoxy) is 1. The third kappa shape index (κ3) is 4.34. The van der Waals surface area contributed by atoms with Crippen LogP contribution in [0, 0.1) is 5.82 Å². The number of carbonyl (C=O) groups is 2. The second-order valence-electron chi connectivity index (χ2n) is 8.10. The third-order valence-electron chi connectivity index (χ3n) is 6.02. The summed E-state index contributed by atoms with van der Waals surface area (Å²) < 4.78 is 18.7. The van der Waals surface area contributed by atoms with Crippen LogP contribution in [0.15, 0.2) is 54.7 Å². The lowest BCUT2D eigenvalue weighted by Crippen LogP contribution is -2.39. The predicted molar refractivity (Wildman–Crippen MR) is 120 cm³/mol. The van der Waals surface area contributed by atoms with Crippen LogP contribution in [0.4, 0.5) is 10.3 Å². The van der Waals surface area contributed by atoms with Gasteiger partial charge in [0.25, 0.3) is 5.91 Å². The number of anilines is 1. The van der Waals surface area contributed by atoms with Crippen LogP contribution < -0.4 is 4.90 Å². The summed E-state index contributed by atoms with van der Waals surface area (Å²) in [6, 6.07) is 12.1. The molecule has 0 saturated carbocycles. The normalized spacial score (nSPS) is 15.8. The molecule has 7 nitrogen and oxygen atoms in total. The van der Waals surface area contributed by atoms with Gasteiger partial charge in [-0.3, -0.25) is 9.59 Å². The molecule has 3 aromatic rings. The third-order valence-corrected chi connectivity index (χ3v) is 6.02. The van der Waals surface area contributed by atoms with Crippen molar-refractivity contribution in [3.8, 4) is 0 Å². The number of amides is 1. The molecule has 3 heterocycles. The van der Waals surface area contributed by atoms with E-state index in [2.05, 4.69) is 9.88 Å². The van der Waals surface area contributed by atoms with Crippen molar-refractivity contribution in [2.24, 2.45) is 0 Å². The maximum absolute atomic E-state index is 13.5. The van der Waals surface area contributed by atoms with Crippen LogP contribution in [-0.4, -0.2) is 59.4 Å². The monoisotopic (exact) mass is 446 g/mol. The van der Waals surface area contributed by atoms with Crippen molar-refractivity contribution in [3.05, 3.63) is 88.5 Å². The maximum Gasteiger partial charge on any atom is 0.254 e. The first-order valence-electron chi connectivity index (χ1n) is 11.0. The van der Waals surface area contributed by atoms with Gasteiger partial charge in [-0.25, -0.2) is 14.4 Å². The summed E-state index contributed by atoms with van der Waals surface area (Å²) in [7, 11) is 0. The van der Waals surface area contributed by atoms with Crippen molar-refractivity contribution >= 4 is 17.6 Å². The minimum atomic E-state index is -0.415. The molecule has 1 amide bonds. The number of hydrogen-bond donors (Lipinski definition) is 0. The number of halogens is 1. The number of morpholine rings is 1. The summed E-state index contributed by atoms with van der Waals surface area (Å²) in [6.07, 6.45) is 2.50. The van der Waals surface area contributed by atoms with Crippen molar-refractivity contribution in [2.75, 3.05) is 37.7 Å². The molecule has 0 spiro atoms. The number of fused-ring (bicyclic) bond motifs is 1. The number of rotatable bonds is 4. The van der Waals surface area contributed by atoms with Gasteiger partial charge in [0.05, 0.1) is 31.0 Å². The highest BCUT2D eigenvalue weighted by Crippen LogP contribution is 2.23. The Bertz CT molecular complexity index is 1190. The molecule has 1 fully saturated rings. The minimum Gasteiger partial charge on any atom is -0.378 e. The summed E-state index contributed by atoms with van der Waals surface area (Å²) in [5.74, 6) is -0.300. The molecule has 1 saturated heterocycles. The first-order valence-corrected chi connectivity index (χ1v) is 11.0. The molecular weight excluding hydrogens is 423 g/mol. The molecule has 2 aliphatic heterocycles. The highest BCUT2D eigenvalue weighted by molar-refractivity contribution is 6.15. The van der Waals surface area contributed by atoms with Crippen LogP contribution in [0.3, 0.4) is 0 Å². The van der Waals surface area contributed by atoms with Gasteiger partial charge in [-0.15, -0.1) is 0 Å². The fourth-order valence-electron chi connectivity index (χ4n) is 4.18. The Kier molecular flexibility index (Phi) is 5.83. The molecule has 5 rings (SSSR count). The second-order valence-corrected chi connectivity index (χ2v) is 8.10. The maximum atomic E-state index is 13.5. The first-order chi connectivity index (χ1) is 16.1. The highest BCUT2D eigenvalue weighted by atomic mass is 19.1. The predicted octanol–water partition coefficient (Wildman–Crippen LogP) is 2.88. The van der Waals surface area contributed by atoms with E-state index in [1.165, 1.54) is 24.3 Å². The van der Waals surface area contributed by atoms with E-state index in [4.69, 9.17) is 9.72 Å². The Morgan fingerprint density at radius 1 is 0.939 bits per heavy atom. The van der Waals surface area contributed by atoms with Crippen LogP contribution in [0.25, 0.3) is 0 Å². The lowest BCUT2D eigenvalue weighted by molar-refractivity contribution is 0.0727. The van der Waals surface area contributed by atoms with Crippen LogP contribution >= 0.6 is 0 Å². The largest absolute Gasteiger partial charge is 0.378 e. The molecule has 33 heavy (non-hydrogen) atoms. The second kappa shape index (κ2) is 9.07. The van der Waals surface area contributed by atoms with E-state index in [9.17, 15) is 14.0 Å². The van der Waals surface area contributed by atoms with Gasteiger partial charge in [-0.2, -0.15) is 0 Å². The van der Waals surface area contributed by atoms with E-state index in [-0.39, 0.29) is 11.7 Å². The number of aromatic nitrogens is 2. The van der Waals surface area contributed by atoms with E-state index in [0.29, 0.717) is 55.4 Å². The Balaban J connectivity index is 1.39. The Hall–Kier alpha value is -3.65. The number of carbonyl (C=O) groups excluding carboxylic acids is 2. The fourth-order valence-corrected chi connectivity index (χ4v) is 4.18. The van der Waals surface area contributed by atoms with E-state index < -0.39 is 5.82 Å². The summed E-state index contributed by atoms with van der Waals surface area (Å²) >= 11 is 0. The van der Waals surface area contributed by atoms with Gasteiger partial charge in [-0.05, 0) is 42.3 Å². The standard InChI is InChI=1S/C25H23FN4O3/c26-19-7-5-17(6-8-19)23(31)20-3-1-2-4-21(20)24(32)30-10-9-18-15-27-25(28-22(18)16-30)29-11-13-33-14-12-29/h1-8,15H,9-14,16H2. The average Bonchev–Trinajstić information content (AvgIpc) is 2.88. The van der Waals surface area contributed by atoms with E-state index in [0.717, 1.165) is 24.3 Å². The average molecular weight is 446 g/mol. The van der Waals surface area contributed by atoms with Crippen LogP contribution in [-0.2, 0) is 17.7 Å². The van der Waals surface area contributed by atoms with Crippen LogP contribution in [0.2, 0.25) is 0 Å². The first kappa shape index (κ1) is 21.2. The molecular formula is C25H23FN4O3. The van der Waals surface area contributed by atoms with Gasteiger partial charge in [0, 0.05) is 37.0 Å². The van der Waals surface area contributed by atoms with Crippen LogP contribution in [0.1, 0.15) is 37.5 Å². The lowest BCUT2D eigenvalue weighted by atomic mass is 9.96. The molecule has 2 aromatic carbocycles. The molecule has 0 bridgehead atoms. The van der Waals surface area contributed by atoms with E-state index in [1.54, 1.807) is 29.2 Å². The molecule has 168 valence electrons. The number of nitrogens with zero attached hydrogens (tertiary/aromatic N) is 4. The molecule has 0 aliphatic carbocycles. The van der Waals surface area contributed by atoms with Gasteiger partial charge in [-0.1, -0.05) is 18.2 Å². The molecule has 8 heteroatoms. The summed E-state index contributed by atoms with van der Waals surface area (Å²) in [5, 5.41) is 0. The highest BCUT2D eigenvalue weighted by Gasteiger charge is 2.27. The smallest absolute Gasteiger partial charge is 0.254 e. The fraction of sp³-hybridized carbons (Fsp3) is 0.280.